The van der Waals surface area contributed by atoms with Crippen LogP contribution in [0.25, 0.3) is 11.1 Å². The zero-order chi connectivity index (χ0) is 27.8. The smallest absolute Gasteiger partial charge is 0.253 e. The lowest BCUT2D eigenvalue weighted by atomic mass is 9.64. The first kappa shape index (κ1) is 29.0. The first-order chi connectivity index (χ1) is 18.9. The van der Waals surface area contributed by atoms with Gasteiger partial charge in [0.2, 0.25) is 0 Å². The topological polar surface area (TPSA) is 55.6 Å². The third-order valence-corrected chi connectivity index (χ3v) is 8.64. The van der Waals surface area contributed by atoms with E-state index in [1.54, 1.807) is 13.2 Å². The van der Waals surface area contributed by atoms with E-state index in [4.69, 9.17) is 10.5 Å². The van der Waals surface area contributed by atoms with E-state index in [-0.39, 0.29) is 17.1 Å². The summed E-state index contributed by atoms with van der Waals surface area (Å²) in [5, 5.41) is 0. The summed E-state index contributed by atoms with van der Waals surface area (Å²) < 4.78 is 21.0. The van der Waals surface area contributed by atoms with Gasteiger partial charge in [-0.1, -0.05) is 68.8 Å². The molecule has 1 aliphatic heterocycles. The second kappa shape index (κ2) is 13.4. The number of unbranched alkanes of at least 4 members (excludes halogenated alkanes) is 1. The molecule has 4 rings (SSSR count). The molecule has 0 radical (unpaired) electrons. The maximum Gasteiger partial charge on any atom is 0.253 e. The van der Waals surface area contributed by atoms with Gasteiger partial charge >= 0.3 is 0 Å². The zero-order valence-electron chi connectivity index (χ0n) is 23.7. The molecule has 1 heterocycles. The Labute approximate surface area is 233 Å². The Kier molecular flexibility index (Phi) is 9.93. The summed E-state index contributed by atoms with van der Waals surface area (Å²) in [6.45, 7) is 6.97. The molecule has 0 aromatic heterocycles. The van der Waals surface area contributed by atoms with Gasteiger partial charge < -0.3 is 15.4 Å². The highest BCUT2D eigenvalue weighted by Gasteiger charge is 2.40. The number of methoxy groups -OCH3 is 1. The lowest BCUT2D eigenvalue weighted by Gasteiger charge is -2.44. The van der Waals surface area contributed by atoms with Crippen molar-refractivity contribution in [2.45, 2.75) is 64.3 Å². The molecule has 1 fully saturated rings. The van der Waals surface area contributed by atoms with Crippen molar-refractivity contribution in [3.8, 4) is 11.1 Å². The largest absolute Gasteiger partial charge is 0.385 e. The SMILES string of the molecule is CCc1cccc(-c2c(F)cccc2[C@](C)(CCCCOC)C2CCN(C(=O)c3cccc(CN)c3)CC2)c1. The number of halogens is 1. The number of nitrogens with two attached hydrogens (primary N) is 1. The van der Waals surface area contributed by atoms with Gasteiger partial charge in [-0.3, -0.25) is 4.79 Å². The van der Waals surface area contributed by atoms with Crippen molar-refractivity contribution in [3.63, 3.8) is 0 Å². The normalized spacial score (nSPS) is 15.8. The minimum Gasteiger partial charge on any atom is -0.385 e. The number of piperidine rings is 1. The molecule has 2 N–H and O–H groups in total. The molecule has 1 amide bonds. The van der Waals surface area contributed by atoms with E-state index < -0.39 is 0 Å². The first-order valence-electron chi connectivity index (χ1n) is 14.4. The number of hydrogen-bond donors (Lipinski definition) is 1. The summed E-state index contributed by atoms with van der Waals surface area (Å²) in [4.78, 5) is 15.3. The maximum atomic E-state index is 15.6. The van der Waals surface area contributed by atoms with Crippen molar-refractivity contribution < 1.29 is 13.9 Å². The Morgan fingerprint density at radius 1 is 1.03 bits per heavy atom. The highest BCUT2D eigenvalue weighted by molar-refractivity contribution is 5.94. The lowest BCUT2D eigenvalue weighted by molar-refractivity contribution is 0.0632. The number of hydrogen-bond acceptors (Lipinski definition) is 3. The molecule has 5 heteroatoms. The molecule has 1 saturated heterocycles. The minimum absolute atomic E-state index is 0.0633. The summed E-state index contributed by atoms with van der Waals surface area (Å²) in [6, 6.07) is 21.5. The fourth-order valence-corrected chi connectivity index (χ4v) is 6.27. The molecule has 0 aliphatic carbocycles. The van der Waals surface area contributed by atoms with Crippen LogP contribution in [0.15, 0.2) is 66.7 Å². The van der Waals surface area contributed by atoms with Gasteiger partial charge in [-0.05, 0) is 83.9 Å². The summed E-state index contributed by atoms with van der Waals surface area (Å²) in [6.07, 6.45) is 5.59. The number of amides is 1. The van der Waals surface area contributed by atoms with Gasteiger partial charge in [-0.2, -0.15) is 0 Å². The van der Waals surface area contributed by atoms with Crippen LogP contribution >= 0.6 is 0 Å². The van der Waals surface area contributed by atoms with Crippen molar-refractivity contribution in [2.24, 2.45) is 11.7 Å². The standard InChI is InChI=1S/C34H43FN2O2/c1-4-25-10-7-12-27(22-25)32-30(14-9-15-31(32)35)34(2,18-5-6-21-39-3)29-16-19-37(20-17-29)33(38)28-13-8-11-26(23-28)24-36/h7-15,22-23,29H,4-6,16-21,24,36H2,1-3H3/t34-/m1/s1. The highest BCUT2D eigenvalue weighted by atomic mass is 19.1. The van der Waals surface area contributed by atoms with Crippen LogP contribution in [-0.2, 0) is 23.1 Å². The molecular weight excluding hydrogens is 487 g/mol. The molecule has 39 heavy (non-hydrogen) atoms. The molecule has 3 aromatic carbocycles. The molecule has 0 spiro atoms. The van der Waals surface area contributed by atoms with Gasteiger partial charge in [0, 0.05) is 44.5 Å². The van der Waals surface area contributed by atoms with Gasteiger partial charge in [-0.15, -0.1) is 0 Å². The minimum atomic E-state index is -0.234. The quantitative estimate of drug-likeness (QED) is 0.268. The van der Waals surface area contributed by atoms with Crippen molar-refractivity contribution in [1.29, 1.82) is 0 Å². The van der Waals surface area contributed by atoms with Crippen LogP contribution in [0.3, 0.4) is 0 Å². The van der Waals surface area contributed by atoms with Crippen LogP contribution < -0.4 is 5.73 Å². The van der Waals surface area contributed by atoms with Crippen molar-refractivity contribution in [3.05, 3.63) is 94.8 Å². The van der Waals surface area contributed by atoms with Crippen molar-refractivity contribution in [1.82, 2.24) is 4.90 Å². The number of likely N-dealkylation sites (tertiary alicyclic amines) is 1. The second-order valence-corrected chi connectivity index (χ2v) is 11.1. The number of rotatable bonds is 11. The number of carbonyl (C=O) groups excluding carboxylic acids is 1. The predicted octanol–water partition coefficient (Wildman–Crippen LogP) is 7.14. The van der Waals surface area contributed by atoms with Crippen LogP contribution in [0.1, 0.15) is 73.0 Å². The Balaban J connectivity index is 1.63. The Bertz CT molecular complexity index is 1250. The Morgan fingerprint density at radius 3 is 2.46 bits per heavy atom. The van der Waals surface area contributed by atoms with E-state index in [2.05, 4.69) is 32.0 Å². The van der Waals surface area contributed by atoms with E-state index in [1.165, 1.54) is 5.56 Å². The van der Waals surface area contributed by atoms with E-state index in [1.807, 2.05) is 47.4 Å². The van der Waals surface area contributed by atoms with Crippen LogP contribution in [0.4, 0.5) is 4.39 Å². The third kappa shape index (κ3) is 6.59. The number of carbonyl (C=O) groups is 1. The summed E-state index contributed by atoms with van der Waals surface area (Å²) in [7, 11) is 1.74. The van der Waals surface area contributed by atoms with Gasteiger partial charge in [0.1, 0.15) is 5.82 Å². The van der Waals surface area contributed by atoms with Gasteiger partial charge in [0.25, 0.3) is 5.91 Å². The molecule has 3 aromatic rings. The highest BCUT2D eigenvalue weighted by Crippen LogP contribution is 2.46. The first-order valence-corrected chi connectivity index (χ1v) is 14.4. The number of aryl methyl sites for hydroxylation is 1. The van der Waals surface area contributed by atoms with E-state index >= 15 is 4.39 Å². The van der Waals surface area contributed by atoms with Crippen LogP contribution in [0.5, 0.6) is 0 Å². The average molecular weight is 531 g/mol. The third-order valence-electron chi connectivity index (χ3n) is 8.64. The molecule has 1 atom stereocenters. The summed E-state index contributed by atoms with van der Waals surface area (Å²) >= 11 is 0. The van der Waals surface area contributed by atoms with E-state index in [0.717, 1.165) is 67.4 Å². The molecule has 0 bridgehead atoms. The van der Waals surface area contributed by atoms with E-state index in [0.29, 0.717) is 31.1 Å². The maximum absolute atomic E-state index is 15.6. The van der Waals surface area contributed by atoms with Crippen molar-refractivity contribution >= 4 is 5.91 Å². The molecule has 0 saturated carbocycles. The summed E-state index contributed by atoms with van der Waals surface area (Å²) in [5.74, 6) is 0.221. The van der Waals surface area contributed by atoms with Gasteiger partial charge in [0.15, 0.2) is 0 Å². The average Bonchev–Trinajstić information content (AvgIpc) is 2.98. The Morgan fingerprint density at radius 2 is 1.74 bits per heavy atom. The fourth-order valence-electron chi connectivity index (χ4n) is 6.27. The monoisotopic (exact) mass is 530 g/mol. The van der Waals surface area contributed by atoms with Crippen molar-refractivity contribution in [2.75, 3.05) is 26.8 Å². The summed E-state index contributed by atoms with van der Waals surface area (Å²) in [5.41, 5.74) is 11.2. The lowest BCUT2D eigenvalue weighted by Crippen LogP contribution is -2.44. The second-order valence-electron chi connectivity index (χ2n) is 11.1. The molecular formula is C34H43FN2O2. The number of benzene rings is 3. The van der Waals surface area contributed by atoms with Crippen LogP contribution in [0.2, 0.25) is 0 Å². The zero-order valence-corrected chi connectivity index (χ0v) is 23.7. The molecule has 4 nitrogen and oxygen atoms in total. The van der Waals surface area contributed by atoms with Gasteiger partial charge in [-0.25, -0.2) is 4.39 Å². The molecule has 1 aliphatic rings. The Hall–Kier alpha value is -3.02. The van der Waals surface area contributed by atoms with Crippen LogP contribution in [-0.4, -0.2) is 37.6 Å². The number of ether oxygens (including phenoxy) is 1. The van der Waals surface area contributed by atoms with Crippen LogP contribution in [0, 0.1) is 11.7 Å². The van der Waals surface area contributed by atoms with Gasteiger partial charge in [0.05, 0.1) is 0 Å². The fraction of sp³-hybridized carbons (Fsp3) is 0.441. The van der Waals surface area contributed by atoms with E-state index in [9.17, 15) is 4.79 Å². The molecule has 208 valence electrons. The predicted molar refractivity (Wildman–Crippen MR) is 157 cm³/mol. The number of nitrogens with zero attached hydrogens (tertiary/aromatic N) is 1. The molecule has 0 unspecified atom stereocenters.